The van der Waals surface area contributed by atoms with Gasteiger partial charge in [0, 0.05) is 10.7 Å². The van der Waals surface area contributed by atoms with Crippen LogP contribution < -0.4 is 5.32 Å². The van der Waals surface area contributed by atoms with Crippen LogP contribution in [0.5, 0.6) is 0 Å². The Balaban J connectivity index is 1.98. The summed E-state index contributed by atoms with van der Waals surface area (Å²) in [6.45, 7) is 1.07. The molecule has 1 amide bonds. The summed E-state index contributed by atoms with van der Waals surface area (Å²) in [5.41, 5.74) is 0.382. The van der Waals surface area contributed by atoms with Crippen LogP contribution >= 0.6 is 11.6 Å². The molecule has 0 saturated heterocycles. The lowest BCUT2D eigenvalue weighted by atomic mass is 10.2. The van der Waals surface area contributed by atoms with Crippen molar-refractivity contribution in [3.8, 4) is 0 Å². The van der Waals surface area contributed by atoms with Crippen molar-refractivity contribution in [3.63, 3.8) is 0 Å². The topological polar surface area (TPSA) is 55.4 Å². The number of halogens is 3. The highest BCUT2D eigenvalue weighted by Crippen LogP contribution is 2.19. The van der Waals surface area contributed by atoms with E-state index in [0.29, 0.717) is 10.7 Å². The second kappa shape index (κ2) is 7.19. The van der Waals surface area contributed by atoms with Gasteiger partial charge in [-0.05, 0) is 42.8 Å². The van der Waals surface area contributed by atoms with Crippen molar-refractivity contribution < 1.29 is 23.1 Å². The molecule has 0 radical (unpaired) electrons. The predicted molar refractivity (Wildman–Crippen MR) is 81.5 cm³/mol. The third kappa shape index (κ3) is 4.26. The number of ether oxygens (including phenoxy) is 1. The van der Waals surface area contributed by atoms with Crippen LogP contribution in [0.3, 0.4) is 0 Å². The summed E-state index contributed by atoms with van der Waals surface area (Å²) in [4.78, 5) is 23.4. The maximum Gasteiger partial charge on any atom is 0.344 e. The van der Waals surface area contributed by atoms with Crippen molar-refractivity contribution in [2.24, 2.45) is 0 Å². The first-order valence-corrected chi connectivity index (χ1v) is 6.93. The highest BCUT2D eigenvalue weighted by atomic mass is 35.5. The Morgan fingerprint density at radius 2 is 1.83 bits per heavy atom. The fourth-order valence-electron chi connectivity index (χ4n) is 1.85. The van der Waals surface area contributed by atoms with E-state index in [1.807, 2.05) is 0 Å². The summed E-state index contributed by atoms with van der Waals surface area (Å²) < 4.78 is 31.4. The fourth-order valence-corrected chi connectivity index (χ4v) is 2.08. The van der Waals surface area contributed by atoms with Gasteiger partial charge in [0.1, 0.15) is 17.2 Å². The summed E-state index contributed by atoms with van der Waals surface area (Å²) >= 11 is 5.80. The van der Waals surface area contributed by atoms with Crippen LogP contribution in [0.25, 0.3) is 0 Å². The molecule has 0 heterocycles. The molecule has 0 aliphatic carbocycles. The summed E-state index contributed by atoms with van der Waals surface area (Å²) in [5.74, 6) is -3.99. The van der Waals surface area contributed by atoms with Gasteiger partial charge in [-0.2, -0.15) is 0 Å². The van der Waals surface area contributed by atoms with E-state index < -0.39 is 35.7 Å². The van der Waals surface area contributed by atoms with Gasteiger partial charge < -0.3 is 10.1 Å². The number of carbonyl (C=O) groups excluding carboxylic acids is 2. The van der Waals surface area contributed by atoms with E-state index in [0.717, 1.165) is 23.8 Å². The standard InChI is InChI=1S/C16H12ClF2NO3/c1-9-7-10(17)5-6-13(9)20-14(21)8-23-16(22)15-11(18)3-2-4-12(15)19/h2-7H,8H2,1H3,(H,20,21). The molecule has 0 spiro atoms. The van der Waals surface area contributed by atoms with Crippen molar-refractivity contribution in [2.45, 2.75) is 6.92 Å². The molecular weight excluding hydrogens is 328 g/mol. The van der Waals surface area contributed by atoms with Crippen molar-refractivity contribution >= 4 is 29.2 Å². The molecule has 0 aliphatic rings. The maximum absolute atomic E-state index is 13.4. The minimum atomic E-state index is -1.25. The molecule has 0 unspecified atom stereocenters. The number of hydrogen-bond acceptors (Lipinski definition) is 3. The number of nitrogens with one attached hydrogen (secondary N) is 1. The molecule has 0 aromatic heterocycles. The number of rotatable bonds is 4. The predicted octanol–water partition coefficient (Wildman–Crippen LogP) is 3.72. The Bertz CT molecular complexity index is 745. The highest BCUT2D eigenvalue weighted by molar-refractivity contribution is 6.30. The largest absolute Gasteiger partial charge is 0.452 e. The molecule has 0 aliphatic heterocycles. The minimum absolute atomic E-state index is 0.493. The van der Waals surface area contributed by atoms with Crippen molar-refractivity contribution in [3.05, 3.63) is 64.2 Å². The van der Waals surface area contributed by atoms with E-state index in [2.05, 4.69) is 10.1 Å². The van der Waals surface area contributed by atoms with Crippen LogP contribution in [-0.2, 0) is 9.53 Å². The Kier molecular flexibility index (Phi) is 5.28. The zero-order chi connectivity index (χ0) is 17.0. The molecule has 0 bridgehead atoms. The van der Waals surface area contributed by atoms with Crippen molar-refractivity contribution in [1.82, 2.24) is 0 Å². The highest BCUT2D eigenvalue weighted by Gasteiger charge is 2.19. The number of esters is 1. The van der Waals surface area contributed by atoms with Crippen molar-refractivity contribution in [2.75, 3.05) is 11.9 Å². The Morgan fingerprint density at radius 1 is 1.17 bits per heavy atom. The zero-order valence-electron chi connectivity index (χ0n) is 12.0. The van der Waals surface area contributed by atoms with Gasteiger partial charge in [-0.1, -0.05) is 17.7 Å². The molecule has 0 saturated carbocycles. The second-order valence-electron chi connectivity index (χ2n) is 4.68. The van der Waals surface area contributed by atoms with E-state index in [4.69, 9.17) is 11.6 Å². The summed E-state index contributed by atoms with van der Waals surface area (Å²) in [6.07, 6.45) is 0. The molecule has 4 nitrogen and oxygen atoms in total. The van der Waals surface area contributed by atoms with Gasteiger partial charge in [-0.15, -0.1) is 0 Å². The molecule has 0 atom stereocenters. The lowest BCUT2D eigenvalue weighted by Gasteiger charge is -2.09. The molecule has 23 heavy (non-hydrogen) atoms. The van der Waals surface area contributed by atoms with Crippen LogP contribution in [0.4, 0.5) is 14.5 Å². The lowest BCUT2D eigenvalue weighted by Crippen LogP contribution is -2.22. The van der Waals surface area contributed by atoms with Gasteiger partial charge in [0.25, 0.3) is 5.91 Å². The quantitative estimate of drug-likeness (QED) is 0.864. The molecule has 2 rings (SSSR count). The molecule has 1 N–H and O–H groups in total. The average Bonchev–Trinajstić information content (AvgIpc) is 2.48. The number of hydrogen-bond donors (Lipinski definition) is 1. The van der Waals surface area contributed by atoms with Crippen LogP contribution in [-0.4, -0.2) is 18.5 Å². The summed E-state index contributed by atoms with van der Waals surface area (Å²) in [6, 6.07) is 7.81. The third-order valence-corrected chi connectivity index (χ3v) is 3.20. The van der Waals surface area contributed by atoms with E-state index >= 15 is 0 Å². The van der Waals surface area contributed by atoms with E-state index in [9.17, 15) is 18.4 Å². The first kappa shape index (κ1) is 16.9. The smallest absolute Gasteiger partial charge is 0.344 e. The lowest BCUT2D eigenvalue weighted by molar-refractivity contribution is -0.119. The van der Waals surface area contributed by atoms with E-state index in [1.165, 1.54) is 0 Å². The van der Waals surface area contributed by atoms with Crippen LogP contribution in [0, 0.1) is 18.6 Å². The van der Waals surface area contributed by atoms with Gasteiger partial charge >= 0.3 is 5.97 Å². The minimum Gasteiger partial charge on any atom is -0.452 e. The molecular formula is C16H12ClF2NO3. The van der Waals surface area contributed by atoms with Gasteiger partial charge in [-0.3, -0.25) is 4.79 Å². The normalized spacial score (nSPS) is 10.3. The Hall–Kier alpha value is -2.47. The van der Waals surface area contributed by atoms with Gasteiger partial charge in [-0.25, -0.2) is 13.6 Å². The fraction of sp³-hybridized carbons (Fsp3) is 0.125. The molecule has 7 heteroatoms. The van der Waals surface area contributed by atoms with Crippen LogP contribution in [0.2, 0.25) is 5.02 Å². The molecule has 2 aromatic carbocycles. The van der Waals surface area contributed by atoms with Crippen LogP contribution in [0.1, 0.15) is 15.9 Å². The number of carbonyl (C=O) groups is 2. The van der Waals surface area contributed by atoms with E-state index in [-0.39, 0.29) is 0 Å². The first-order valence-electron chi connectivity index (χ1n) is 6.55. The monoisotopic (exact) mass is 339 g/mol. The maximum atomic E-state index is 13.4. The van der Waals surface area contributed by atoms with Gasteiger partial charge in [0.2, 0.25) is 0 Å². The number of aryl methyl sites for hydroxylation is 1. The molecule has 120 valence electrons. The number of benzene rings is 2. The van der Waals surface area contributed by atoms with E-state index in [1.54, 1.807) is 25.1 Å². The average molecular weight is 340 g/mol. The Morgan fingerprint density at radius 3 is 2.43 bits per heavy atom. The molecule has 0 fully saturated rings. The SMILES string of the molecule is Cc1cc(Cl)ccc1NC(=O)COC(=O)c1c(F)cccc1F. The van der Waals surface area contributed by atoms with Gasteiger partial charge in [0.05, 0.1) is 0 Å². The summed E-state index contributed by atoms with van der Waals surface area (Å²) in [7, 11) is 0. The number of amides is 1. The van der Waals surface area contributed by atoms with Gasteiger partial charge in [0.15, 0.2) is 6.61 Å². The number of anilines is 1. The Labute approximate surface area is 136 Å². The third-order valence-electron chi connectivity index (χ3n) is 2.96. The van der Waals surface area contributed by atoms with Crippen LogP contribution in [0.15, 0.2) is 36.4 Å². The first-order chi connectivity index (χ1) is 10.9. The second-order valence-corrected chi connectivity index (χ2v) is 5.12. The van der Waals surface area contributed by atoms with Crippen molar-refractivity contribution in [1.29, 1.82) is 0 Å². The zero-order valence-corrected chi connectivity index (χ0v) is 12.8. The molecule has 2 aromatic rings. The summed E-state index contributed by atoms with van der Waals surface area (Å²) in [5, 5.41) is 3.03.